The Morgan fingerprint density at radius 3 is 2.65 bits per heavy atom. The third-order valence-corrected chi connectivity index (χ3v) is 1.81. The molecule has 0 atom stereocenters. The minimum atomic E-state index is -4.58. The number of amides is 1. The Morgan fingerprint density at radius 2 is 2.06 bits per heavy atom. The summed E-state index contributed by atoms with van der Waals surface area (Å²) in [6.45, 7) is -1.67. The number of benzene rings is 1. The summed E-state index contributed by atoms with van der Waals surface area (Å²) in [5.74, 6) is -2.06. The summed E-state index contributed by atoms with van der Waals surface area (Å²) >= 11 is 5.50. The molecule has 1 aromatic rings. The van der Waals surface area contributed by atoms with Crippen molar-refractivity contribution in [2.45, 2.75) is 6.18 Å². The highest BCUT2D eigenvalue weighted by Gasteiger charge is 2.28. The number of nitrogens with one attached hydrogen (secondary N) is 1. The molecular weight excluding hydrogens is 266 g/mol. The van der Waals surface area contributed by atoms with Crippen LogP contribution in [0.5, 0.6) is 0 Å². The summed E-state index contributed by atoms with van der Waals surface area (Å²) in [6.07, 6.45) is -4.58. The molecule has 1 aromatic carbocycles. The first-order valence-corrected chi connectivity index (χ1v) is 4.61. The smallest absolute Gasteiger partial charge is 0.267 e. The average Bonchev–Trinajstić information content (AvgIpc) is 2.19. The van der Waals surface area contributed by atoms with Gasteiger partial charge in [0.1, 0.15) is 5.82 Å². The largest absolute Gasteiger partial charge is 0.414 e. The highest BCUT2D eigenvalue weighted by atomic mass is 35.5. The van der Waals surface area contributed by atoms with Gasteiger partial charge in [0.15, 0.2) is 6.61 Å². The molecule has 0 heterocycles. The number of halogens is 5. The number of carbonyl (C=O) groups excluding carboxylic acids is 1. The van der Waals surface area contributed by atoms with Crippen molar-refractivity contribution in [1.82, 2.24) is 5.48 Å². The summed E-state index contributed by atoms with van der Waals surface area (Å²) in [5.41, 5.74) is 0.966. The molecule has 0 saturated heterocycles. The van der Waals surface area contributed by atoms with Crippen LogP contribution >= 0.6 is 11.6 Å². The van der Waals surface area contributed by atoms with Gasteiger partial charge in [-0.25, -0.2) is 9.87 Å². The second kappa shape index (κ2) is 5.33. The van der Waals surface area contributed by atoms with Gasteiger partial charge in [0.05, 0.1) is 5.56 Å². The third kappa shape index (κ3) is 4.58. The van der Waals surface area contributed by atoms with Crippen LogP contribution in [-0.4, -0.2) is 18.7 Å². The van der Waals surface area contributed by atoms with Crippen LogP contribution in [0.25, 0.3) is 0 Å². The van der Waals surface area contributed by atoms with Gasteiger partial charge in [-0.2, -0.15) is 13.2 Å². The molecule has 0 saturated carbocycles. The van der Waals surface area contributed by atoms with E-state index in [1.54, 1.807) is 0 Å². The molecule has 1 rings (SSSR count). The zero-order chi connectivity index (χ0) is 13.1. The first-order valence-electron chi connectivity index (χ1n) is 4.23. The fourth-order valence-electron chi connectivity index (χ4n) is 0.910. The zero-order valence-corrected chi connectivity index (χ0v) is 8.90. The van der Waals surface area contributed by atoms with Crippen LogP contribution in [0.15, 0.2) is 18.2 Å². The van der Waals surface area contributed by atoms with Gasteiger partial charge in [0, 0.05) is 5.02 Å². The predicted octanol–water partition coefficient (Wildman–Crippen LogP) is 2.70. The topological polar surface area (TPSA) is 38.3 Å². The van der Waals surface area contributed by atoms with Crippen molar-refractivity contribution >= 4 is 17.5 Å². The van der Waals surface area contributed by atoms with Crippen molar-refractivity contribution < 1.29 is 27.2 Å². The van der Waals surface area contributed by atoms with Crippen LogP contribution in [-0.2, 0) is 4.84 Å². The molecule has 17 heavy (non-hydrogen) atoms. The number of hydrogen-bond donors (Lipinski definition) is 1. The van der Waals surface area contributed by atoms with Gasteiger partial charge in [-0.15, -0.1) is 0 Å². The minimum Gasteiger partial charge on any atom is -0.267 e. The van der Waals surface area contributed by atoms with E-state index >= 15 is 0 Å². The van der Waals surface area contributed by atoms with E-state index in [1.165, 1.54) is 11.5 Å². The van der Waals surface area contributed by atoms with Crippen LogP contribution < -0.4 is 5.48 Å². The van der Waals surface area contributed by atoms with Crippen LogP contribution in [0, 0.1) is 5.82 Å². The molecule has 0 fully saturated rings. The van der Waals surface area contributed by atoms with E-state index in [-0.39, 0.29) is 5.02 Å². The number of hydrogen-bond acceptors (Lipinski definition) is 2. The lowest BCUT2D eigenvalue weighted by molar-refractivity contribution is -0.184. The fourth-order valence-corrected chi connectivity index (χ4v) is 1.08. The van der Waals surface area contributed by atoms with Crippen LogP contribution in [0.2, 0.25) is 5.02 Å². The maximum Gasteiger partial charge on any atom is 0.414 e. The highest BCUT2D eigenvalue weighted by molar-refractivity contribution is 6.30. The molecule has 0 aliphatic rings. The van der Waals surface area contributed by atoms with Gasteiger partial charge in [-0.3, -0.25) is 9.63 Å². The maximum absolute atomic E-state index is 13.1. The van der Waals surface area contributed by atoms with Crippen molar-refractivity contribution in [3.63, 3.8) is 0 Å². The van der Waals surface area contributed by atoms with Crippen molar-refractivity contribution in [2.24, 2.45) is 0 Å². The first kappa shape index (κ1) is 13.7. The minimum absolute atomic E-state index is 0.0763. The van der Waals surface area contributed by atoms with E-state index < -0.39 is 30.1 Å². The number of carbonyl (C=O) groups is 1. The Balaban J connectivity index is 2.61. The SMILES string of the molecule is O=C(NOCC(F)(F)F)c1cc(Cl)ccc1F. The summed E-state index contributed by atoms with van der Waals surface area (Å²) < 4.78 is 48.1. The second-order valence-corrected chi connectivity index (χ2v) is 3.40. The van der Waals surface area contributed by atoms with Crippen LogP contribution in [0.3, 0.4) is 0 Å². The highest BCUT2D eigenvalue weighted by Crippen LogP contribution is 2.16. The molecular formula is C9H6ClF4NO2. The van der Waals surface area contributed by atoms with Crippen molar-refractivity contribution in [3.05, 3.63) is 34.6 Å². The Hall–Kier alpha value is -1.34. The van der Waals surface area contributed by atoms with Crippen molar-refractivity contribution in [1.29, 1.82) is 0 Å². The quantitative estimate of drug-likeness (QED) is 0.678. The number of alkyl halides is 3. The van der Waals surface area contributed by atoms with Gasteiger partial charge in [-0.1, -0.05) is 11.6 Å². The normalized spacial score (nSPS) is 11.4. The third-order valence-electron chi connectivity index (χ3n) is 1.57. The van der Waals surface area contributed by atoms with Gasteiger partial charge in [-0.05, 0) is 18.2 Å². The van der Waals surface area contributed by atoms with Crippen LogP contribution in [0.1, 0.15) is 10.4 Å². The molecule has 94 valence electrons. The van der Waals surface area contributed by atoms with Crippen molar-refractivity contribution in [3.8, 4) is 0 Å². The van der Waals surface area contributed by atoms with Gasteiger partial charge in [0.25, 0.3) is 5.91 Å². The summed E-state index contributed by atoms with van der Waals surface area (Å²) in [5, 5.41) is 0.0763. The molecule has 0 aliphatic heterocycles. The maximum atomic E-state index is 13.1. The molecule has 3 nitrogen and oxygen atoms in total. The van der Waals surface area contributed by atoms with Crippen LogP contribution in [0.4, 0.5) is 17.6 Å². The zero-order valence-electron chi connectivity index (χ0n) is 8.15. The summed E-state index contributed by atoms with van der Waals surface area (Å²) in [6, 6.07) is 3.09. The van der Waals surface area contributed by atoms with E-state index in [2.05, 4.69) is 4.84 Å². The van der Waals surface area contributed by atoms with E-state index in [0.717, 1.165) is 12.1 Å². The monoisotopic (exact) mass is 271 g/mol. The first-order chi connectivity index (χ1) is 7.79. The standard InChI is InChI=1S/C9H6ClF4NO2/c10-5-1-2-7(11)6(3-5)8(16)15-17-4-9(12,13)14/h1-3H,4H2,(H,15,16). The molecule has 0 spiro atoms. The van der Waals surface area contributed by atoms with E-state index in [4.69, 9.17) is 11.6 Å². The molecule has 0 bridgehead atoms. The number of rotatable bonds is 3. The Bertz CT molecular complexity index is 422. The van der Waals surface area contributed by atoms with E-state index in [1.807, 2.05) is 0 Å². The second-order valence-electron chi connectivity index (χ2n) is 2.96. The van der Waals surface area contributed by atoms with Gasteiger partial charge in [0.2, 0.25) is 0 Å². The summed E-state index contributed by atoms with van der Waals surface area (Å²) in [4.78, 5) is 15.1. The molecule has 1 N–H and O–H groups in total. The predicted molar refractivity (Wildman–Crippen MR) is 50.9 cm³/mol. The lowest BCUT2D eigenvalue weighted by atomic mass is 10.2. The Morgan fingerprint density at radius 1 is 1.41 bits per heavy atom. The molecule has 1 amide bonds. The van der Waals surface area contributed by atoms with E-state index in [9.17, 15) is 22.4 Å². The molecule has 0 unspecified atom stereocenters. The lowest BCUT2D eigenvalue weighted by Gasteiger charge is -2.08. The van der Waals surface area contributed by atoms with Gasteiger partial charge >= 0.3 is 6.18 Å². The lowest BCUT2D eigenvalue weighted by Crippen LogP contribution is -2.30. The van der Waals surface area contributed by atoms with Gasteiger partial charge < -0.3 is 0 Å². The number of hydroxylamine groups is 1. The molecule has 0 aromatic heterocycles. The summed E-state index contributed by atoms with van der Waals surface area (Å²) in [7, 11) is 0. The van der Waals surface area contributed by atoms with Crippen molar-refractivity contribution in [2.75, 3.05) is 6.61 Å². The Kier molecular flexibility index (Phi) is 4.30. The van der Waals surface area contributed by atoms with E-state index in [0.29, 0.717) is 0 Å². The molecule has 0 aliphatic carbocycles. The Labute approximate surface area is 98.3 Å². The average molecular weight is 272 g/mol. The fraction of sp³-hybridized carbons (Fsp3) is 0.222. The molecule has 8 heteroatoms. The molecule has 0 radical (unpaired) electrons.